The minimum Gasteiger partial charge on any atom is -0.392 e. The summed E-state index contributed by atoms with van der Waals surface area (Å²) in [6.07, 6.45) is 3.54. The zero-order chi connectivity index (χ0) is 15.2. The van der Waals surface area contributed by atoms with Crippen molar-refractivity contribution in [2.45, 2.75) is 31.8 Å². The van der Waals surface area contributed by atoms with Gasteiger partial charge in [-0.15, -0.1) is 12.4 Å². The van der Waals surface area contributed by atoms with Gasteiger partial charge in [-0.3, -0.25) is 0 Å². The molecule has 0 aliphatic carbocycles. The molecule has 1 heterocycles. The Hall–Kier alpha value is -1.35. The van der Waals surface area contributed by atoms with Crippen molar-refractivity contribution in [1.29, 1.82) is 0 Å². The Bertz CT molecular complexity index is 579. The number of likely N-dealkylation sites (tertiary alicyclic amines) is 1. The van der Waals surface area contributed by atoms with Crippen molar-refractivity contribution in [2.24, 2.45) is 0 Å². The highest BCUT2D eigenvalue weighted by Crippen LogP contribution is 2.30. The zero-order valence-corrected chi connectivity index (χ0v) is 14.3. The largest absolute Gasteiger partial charge is 0.392 e. The monoisotopic (exact) mass is 331 g/mol. The molecule has 1 aliphatic heterocycles. The minimum absolute atomic E-state index is 0. The summed E-state index contributed by atoms with van der Waals surface area (Å²) >= 11 is 0. The van der Waals surface area contributed by atoms with Crippen LogP contribution in [0.15, 0.2) is 54.6 Å². The molecule has 2 nitrogen and oxygen atoms in total. The molecule has 0 bridgehead atoms. The molecule has 1 N–H and O–H groups in total. The van der Waals surface area contributed by atoms with E-state index in [-0.39, 0.29) is 19.0 Å². The van der Waals surface area contributed by atoms with Crippen molar-refractivity contribution in [3.63, 3.8) is 0 Å². The molecule has 0 saturated carbocycles. The Morgan fingerprint density at radius 3 is 2.26 bits per heavy atom. The number of hydrogen-bond donors (Lipinski definition) is 1. The van der Waals surface area contributed by atoms with Gasteiger partial charge in [-0.1, -0.05) is 54.6 Å². The van der Waals surface area contributed by atoms with Gasteiger partial charge < -0.3 is 10.0 Å². The van der Waals surface area contributed by atoms with E-state index in [0.29, 0.717) is 5.92 Å². The van der Waals surface area contributed by atoms with Crippen LogP contribution in [-0.2, 0) is 13.0 Å². The number of nitrogens with zero attached hydrogens (tertiary/aromatic N) is 1. The summed E-state index contributed by atoms with van der Waals surface area (Å²) in [7, 11) is 0. The van der Waals surface area contributed by atoms with Gasteiger partial charge >= 0.3 is 0 Å². The second-order valence-corrected chi connectivity index (χ2v) is 6.21. The van der Waals surface area contributed by atoms with E-state index in [0.717, 1.165) is 31.6 Å². The summed E-state index contributed by atoms with van der Waals surface area (Å²) in [4.78, 5) is 2.57. The molecule has 0 spiro atoms. The SMILES string of the molecule is Cl.OCc1ccccc1C1CCN(CCc2ccccc2)CC1. The average Bonchev–Trinajstić information content (AvgIpc) is 2.61. The summed E-state index contributed by atoms with van der Waals surface area (Å²) in [5.41, 5.74) is 3.88. The highest BCUT2D eigenvalue weighted by molar-refractivity contribution is 5.85. The number of aliphatic hydroxyl groups excluding tert-OH is 1. The van der Waals surface area contributed by atoms with Gasteiger partial charge in [0.25, 0.3) is 0 Å². The Labute approximate surface area is 145 Å². The number of rotatable bonds is 5. The third-order valence-electron chi connectivity index (χ3n) is 4.81. The molecule has 0 aromatic heterocycles. The van der Waals surface area contributed by atoms with Crippen LogP contribution in [-0.4, -0.2) is 29.6 Å². The molecule has 1 aliphatic rings. The van der Waals surface area contributed by atoms with E-state index in [1.54, 1.807) is 0 Å². The van der Waals surface area contributed by atoms with E-state index >= 15 is 0 Å². The third-order valence-corrected chi connectivity index (χ3v) is 4.81. The molecule has 0 amide bonds. The molecule has 2 aromatic carbocycles. The summed E-state index contributed by atoms with van der Waals surface area (Å²) in [6, 6.07) is 19.1. The quantitative estimate of drug-likeness (QED) is 0.894. The van der Waals surface area contributed by atoms with E-state index in [1.165, 1.54) is 24.0 Å². The number of benzene rings is 2. The first-order chi connectivity index (χ1) is 10.9. The fourth-order valence-corrected chi connectivity index (χ4v) is 3.48. The number of aliphatic hydroxyl groups is 1. The van der Waals surface area contributed by atoms with Crippen molar-refractivity contribution in [2.75, 3.05) is 19.6 Å². The maximum absolute atomic E-state index is 9.50. The lowest BCUT2D eigenvalue weighted by Gasteiger charge is -2.33. The van der Waals surface area contributed by atoms with Crippen LogP contribution in [0.3, 0.4) is 0 Å². The van der Waals surface area contributed by atoms with Gasteiger partial charge in [-0.25, -0.2) is 0 Å². The van der Waals surface area contributed by atoms with Crippen LogP contribution in [0.25, 0.3) is 0 Å². The van der Waals surface area contributed by atoms with Crippen LogP contribution in [0.4, 0.5) is 0 Å². The smallest absolute Gasteiger partial charge is 0.0684 e. The lowest BCUT2D eigenvalue weighted by molar-refractivity contribution is 0.212. The van der Waals surface area contributed by atoms with Crippen molar-refractivity contribution >= 4 is 12.4 Å². The second kappa shape index (κ2) is 9.07. The fourth-order valence-electron chi connectivity index (χ4n) is 3.48. The normalized spacial score (nSPS) is 16.0. The van der Waals surface area contributed by atoms with E-state index in [9.17, 15) is 5.11 Å². The van der Waals surface area contributed by atoms with Crippen LogP contribution in [0.5, 0.6) is 0 Å². The van der Waals surface area contributed by atoms with Crippen molar-refractivity contribution in [3.05, 3.63) is 71.3 Å². The van der Waals surface area contributed by atoms with Gasteiger partial charge in [-0.2, -0.15) is 0 Å². The summed E-state index contributed by atoms with van der Waals surface area (Å²) in [5.74, 6) is 0.608. The molecular weight excluding hydrogens is 306 g/mol. The molecule has 1 fully saturated rings. The first kappa shape index (κ1) is 18.0. The molecule has 0 unspecified atom stereocenters. The third kappa shape index (κ3) is 4.81. The number of hydrogen-bond acceptors (Lipinski definition) is 2. The fraction of sp³-hybridized carbons (Fsp3) is 0.400. The van der Waals surface area contributed by atoms with Crippen LogP contribution in [0, 0.1) is 0 Å². The Balaban J connectivity index is 0.00000192. The van der Waals surface area contributed by atoms with E-state index in [2.05, 4.69) is 53.4 Å². The molecule has 0 radical (unpaired) electrons. The molecule has 23 heavy (non-hydrogen) atoms. The van der Waals surface area contributed by atoms with Gasteiger partial charge in [-0.05, 0) is 55.0 Å². The van der Waals surface area contributed by atoms with Crippen molar-refractivity contribution < 1.29 is 5.11 Å². The molecule has 2 aromatic rings. The standard InChI is InChI=1S/C20H25NO.ClH/c22-16-19-8-4-5-9-20(19)18-11-14-21(15-12-18)13-10-17-6-2-1-3-7-17;/h1-9,18,22H,10-16H2;1H. The van der Waals surface area contributed by atoms with Gasteiger partial charge in [0, 0.05) is 6.54 Å². The average molecular weight is 332 g/mol. The Kier molecular flexibility index (Phi) is 7.10. The lowest BCUT2D eigenvalue weighted by atomic mass is 9.86. The molecule has 3 heteroatoms. The highest BCUT2D eigenvalue weighted by Gasteiger charge is 2.21. The Morgan fingerprint density at radius 1 is 0.913 bits per heavy atom. The maximum atomic E-state index is 9.50. The van der Waals surface area contributed by atoms with Crippen LogP contribution in [0.2, 0.25) is 0 Å². The zero-order valence-electron chi connectivity index (χ0n) is 13.5. The van der Waals surface area contributed by atoms with Crippen molar-refractivity contribution in [1.82, 2.24) is 4.90 Å². The van der Waals surface area contributed by atoms with Gasteiger partial charge in [0.15, 0.2) is 0 Å². The van der Waals surface area contributed by atoms with Gasteiger partial charge in [0.1, 0.15) is 0 Å². The number of piperidine rings is 1. The van der Waals surface area contributed by atoms with Gasteiger partial charge in [0.05, 0.1) is 6.61 Å². The lowest BCUT2D eigenvalue weighted by Crippen LogP contribution is -2.34. The summed E-state index contributed by atoms with van der Waals surface area (Å²) in [6.45, 7) is 3.64. The van der Waals surface area contributed by atoms with Crippen LogP contribution < -0.4 is 0 Å². The predicted octanol–water partition coefficient (Wildman–Crippen LogP) is 4.02. The first-order valence-corrected chi connectivity index (χ1v) is 8.32. The van der Waals surface area contributed by atoms with Crippen LogP contribution in [0.1, 0.15) is 35.4 Å². The topological polar surface area (TPSA) is 23.5 Å². The van der Waals surface area contributed by atoms with E-state index < -0.39 is 0 Å². The summed E-state index contributed by atoms with van der Waals surface area (Å²) in [5, 5.41) is 9.50. The summed E-state index contributed by atoms with van der Waals surface area (Å²) < 4.78 is 0. The molecule has 0 atom stereocenters. The molecule has 3 rings (SSSR count). The van der Waals surface area contributed by atoms with Crippen LogP contribution >= 0.6 is 12.4 Å². The number of halogens is 1. The maximum Gasteiger partial charge on any atom is 0.0684 e. The van der Waals surface area contributed by atoms with Gasteiger partial charge in [0.2, 0.25) is 0 Å². The van der Waals surface area contributed by atoms with Crippen molar-refractivity contribution in [3.8, 4) is 0 Å². The predicted molar refractivity (Wildman–Crippen MR) is 98.2 cm³/mol. The Morgan fingerprint density at radius 2 is 1.57 bits per heavy atom. The first-order valence-electron chi connectivity index (χ1n) is 8.32. The molecule has 1 saturated heterocycles. The van der Waals surface area contributed by atoms with E-state index in [1.807, 2.05) is 6.07 Å². The second-order valence-electron chi connectivity index (χ2n) is 6.21. The molecular formula is C20H26ClNO. The minimum atomic E-state index is 0. The molecule has 124 valence electrons. The highest BCUT2D eigenvalue weighted by atomic mass is 35.5. The van der Waals surface area contributed by atoms with E-state index in [4.69, 9.17) is 0 Å².